The van der Waals surface area contributed by atoms with Crippen LogP contribution in [0.25, 0.3) is 16.7 Å². The van der Waals surface area contributed by atoms with Crippen LogP contribution in [0.1, 0.15) is 56.3 Å². The van der Waals surface area contributed by atoms with Gasteiger partial charge in [0.2, 0.25) is 5.78 Å². The summed E-state index contributed by atoms with van der Waals surface area (Å²) in [5.74, 6) is 1.51. The number of hydrogen-bond acceptors (Lipinski definition) is 4. The Morgan fingerprint density at radius 2 is 1.81 bits per heavy atom. The van der Waals surface area contributed by atoms with Crippen LogP contribution in [0, 0.1) is 6.92 Å². The molecule has 4 rings (SSSR count). The second-order valence-electron chi connectivity index (χ2n) is 8.05. The highest BCUT2D eigenvalue weighted by atomic mass is 16.1. The van der Waals surface area contributed by atoms with Crippen LogP contribution in [0.4, 0.5) is 0 Å². The highest BCUT2D eigenvalue weighted by Crippen LogP contribution is 2.22. The maximum atomic E-state index is 12.7. The predicted molar refractivity (Wildman–Crippen MR) is 108 cm³/mol. The fourth-order valence-corrected chi connectivity index (χ4v) is 4.39. The molecule has 0 radical (unpaired) electrons. The first-order chi connectivity index (χ1) is 13.1. The first kappa shape index (κ1) is 18.2. The van der Waals surface area contributed by atoms with E-state index < -0.39 is 0 Å². The van der Waals surface area contributed by atoms with E-state index >= 15 is 0 Å². The Hall–Kier alpha value is -2.21. The third-order valence-electron chi connectivity index (χ3n) is 6.03. The van der Waals surface area contributed by atoms with E-state index in [1.807, 2.05) is 25.1 Å². The molecule has 27 heavy (non-hydrogen) atoms. The summed E-state index contributed by atoms with van der Waals surface area (Å²) < 4.78 is 3.66. The van der Waals surface area contributed by atoms with Gasteiger partial charge in [-0.15, -0.1) is 10.2 Å². The lowest BCUT2D eigenvalue weighted by molar-refractivity contribution is 0.191. The van der Waals surface area contributed by atoms with E-state index in [-0.39, 0.29) is 5.56 Å². The molecule has 0 bridgehead atoms. The fourth-order valence-electron chi connectivity index (χ4n) is 4.39. The summed E-state index contributed by atoms with van der Waals surface area (Å²) in [7, 11) is 3.97. The molecule has 2 aromatic heterocycles. The molecule has 6 nitrogen and oxygen atoms in total. The maximum Gasteiger partial charge on any atom is 0.262 e. The highest BCUT2D eigenvalue weighted by Gasteiger charge is 2.20. The van der Waals surface area contributed by atoms with Crippen LogP contribution in [0.5, 0.6) is 0 Å². The standard InChI is InChI=1S/C21H29N5O/c1-15-11-12-18-17(13-15)20(27)25(3)21-23-22-19(26(18)21)14-24(2)16-9-7-5-4-6-8-10-16/h11-13,16H,4-10,14H2,1-3H3. The lowest BCUT2D eigenvalue weighted by Crippen LogP contribution is -2.32. The van der Waals surface area contributed by atoms with Gasteiger partial charge in [-0.2, -0.15) is 0 Å². The van der Waals surface area contributed by atoms with Gasteiger partial charge in [0.25, 0.3) is 5.56 Å². The van der Waals surface area contributed by atoms with Crippen molar-refractivity contribution < 1.29 is 0 Å². The molecular weight excluding hydrogens is 338 g/mol. The van der Waals surface area contributed by atoms with Crippen molar-refractivity contribution in [3.63, 3.8) is 0 Å². The smallest absolute Gasteiger partial charge is 0.262 e. The van der Waals surface area contributed by atoms with Crippen molar-refractivity contribution in [3.8, 4) is 0 Å². The van der Waals surface area contributed by atoms with Gasteiger partial charge in [0.15, 0.2) is 5.82 Å². The van der Waals surface area contributed by atoms with Crippen molar-refractivity contribution in [1.29, 1.82) is 0 Å². The van der Waals surface area contributed by atoms with Crippen LogP contribution in [0.15, 0.2) is 23.0 Å². The summed E-state index contributed by atoms with van der Waals surface area (Å²) in [4.78, 5) is 15.1. The number of hydrogen-bond donors (Lipinski definition) is 0. The number of rotatable bonds is 3. The first-order valence-corrected chi connectivity index (χ1v) is 10.1. The quantitative estimate of drug-likeness (QED) is 0.712. The summed E-state index contributed by atoms with van der Waals surface area (Å²) in [5.41, 5.74) is 1.96. The molecule has 0 amide bonds. The van der Waals surface area contributed by atoms with Crippen LogP contribution in [0.3, 0.4) is 0 Å². The van der Waals surface area contributed by atoms with E-state index in [0.717, 1.165) is 28.8 Å². The Labute approximate surface area is 159 Å². The Bertz CT molecular complexity index is 1010. The Balaban J connectivity index is 1.74. The zero-order valence-electron chi connectivity index (χ0n) is 16.6. The van der Waals surface area contributed by atoms with Gasteiger partial charge in [-0.25, -0.2) is 0 Å². The molecule has 0 atom stereocenters. The number of aromatic nitrogens is 4. The normalized spacial score (nSPS) is 16.9. The van der Waals surface area contributed by atoms with Gasteiger partial charge in [-0.05, 0) is 38.9 Å². The van der Waals surface area contributed by atoms with Gasteiger partial charge in [0, 0.05) is 13.1 Å². The van der Waals surface area contributed by atoms with Crippen LogP contribution < -0.4 is 5.56 Å². The topological polar surface area (TPSA) is 55.4 Å². The third kappa shape index (κ3) is 3.38. The summed E-state index contributed by atoms with van der Waals surface area (Å²) in [6, 6.07) is 6.61. The SMILES string of the molecule is Cc1ccc2c(c1)c(=O)n(C)c1nnc(CN(C)C3CCCCCCC3)n21. The molecule has 1 saturated carbocycles. The van der Waals surface area contributed by atoms with Crippen molar-refractivity contribution in [2.45, 2.75) is 64.5 Å². The number of benzene rings is 1. The van der Waals surface area contributed by atoms with Crippen molar-refractivity contribution in [1.82, 2.24) is 24.1 Å². The molecule has 1 aliphatic rings. The highest BCUT2D eigenvalue weighted by molar-refractivity contribution is 5.81. The summed E-state index contributed by atoms with van der Waals surface area (Å²) in [5, 5.41) is 9.51. The van der Waals surface area contributed by atoms with Crippen LogP contribution >= 0.6 is 0 Å². The molecule has 0 saturated heterocycles. The number of fused-ring (bicyclic) bond motifs is 3. The van der Waals surface area contributed by atoms with Crippen LogP contribution in [0.2, 0.25) is 0 Å². The molecule has 1 aromatic carbocycles. The fraction of sp³-hybridized carbons (Fsp3) is 0.571. The zero-order valence-corrected chi connectivity index (χ0v) is 16.6. The van der Waals surface area contributed by atoms with E-state index in [1.54, 1.807) is 11.6 Å². The van der Waals surface area contributed by atoms with Gasteiger partial charge in [0.05, 0.1) is 17.4 Å². The van der Waals surface area contributed by atoms with Crippen molar-refractivity contribution in [2.24, 2.45) is 7.05 Å². The minimum absolute atomic E-state index is 0.0199. The van der Waals surface area contributed by atoms with Crippen molar-refractivity contribution in [3.05, 3.63) is 39.9 Å². The van der Waals surface area contributed by atoms with Gasteiger partial charge in [0.1, 0.15) is 0 Å². The summed E-state index contributed by atoms with van der Waals surface area (Å²) >= 11 is 0. The lowest BCUT2D eigenvalue weighted by Gasteiger charge is -2.29. The van der Waals surface area contributed by atoms with Gasteiger partial charge in [-0.3, -0.25) is 18.7 Å². The average Bonchev–Trinajstić information content (AvgIpc) is 3.03. The average molecular weight is 367 g/mol. The predicted octanol–water partition coefficient (Wildman–Crippen LogP) is 3.43. The second-order valence-corrected chi connectivity index (χ2v) is 8.05. The van der Waals surface area contributed by atoms with Crippen molar-refractivity contribution in [2.75, 3.05) is 7.05 Å². The van der Waals surface area contributed by atoms with Gasteiger partial charge < -0.3 is 0 Å². The lowest BCUT2D eigenvalue weighted by atomic mass is 9.96. The minimum Gasteiger partial charge on any atom is -0.296 e. The Kier molecular flexibility index (Phi) is 5.00. The van der Waals surface area contributed by atoms with Gasteiger partial charge in [-0.1, -0.05) is 43.7 Å². The molecule has 144 valence electrons. The zero-order chi connectivity index (χ0) is 19.0. The minimum atomic E-state index is -0.0199. The number of nitrogens with zero attached hydrogens (tertiary/aromatic N) is 5. The molecule has 0 unspecified atom stereocenters. The molecule has 0 spiro atoms. The first-order valence-electron chi connectivity index (χ1n) is 10.1. The van der Waals surface area contributed by atoms with Crippen molar-refractivity contribution >= 4 is 16.7 Å². The maximum absolute atomic E-state index is 12.7. The Morgan fingerprint density at radius 1 is 1.11 bits per heavy atom. The molecule has 0 N–H and O–H groups in total. The molecule has 1 aliphatic carbocycles. The molecule has 1 fully saturated rings. The van der Waals surface area contributed by atoms with E-state index in [2.05, 4.69) is 26.5 Å². The van der Waals surface area contributed by atoms with E-state index in [0.29, 0.717) is 11.8 Å². The molecule has 2 heterocycles. The Morgan fingerprint density at radius 3 is 2.56 bits per heavy atom. The third-order valence-corrected chi connectivity index (χ3v) is 6.03. The molecule has 0 aliphatic heterocycles. The second kappa shape index (κ2) is 7.43. The largest absolute Gasteiger partial charge is 0.296 e. The molecule has 3 aromatic rings. The van der Waals surface area contributed by atoms with E-state index in [9.17, 15) is 4.79 Å². The van der Waals surface area contributed by atoms with Crippen LogP contribution in [-0.2, 0) is 13.6 Å². The molecule has 6 heteroatoms. The van der Waals surface area contributed by atoms with Gasteiger partial charge >= 0.3 is 0 Å². The van der Waals surface area contributed by atoms with Crippen LogP contribution in [-0.4, -0.2) is 37.2 Å². The van der Waals surface area contributed by atoms with E-state index in [4.69, 9.17) is 0 Å². The summed E-state index contributed by atoms with van der Waals surface area (Å²) in [6.07, 6.45) is 9.22. The monoisotopic (exact) mass is 367 g/mol. The van der Waals surface area contributed by atoms with E-state index in [1.165, 1.54) is 44.9 Å². The summed E-state index contributed by atoms with van der Waals surface area (Å²) in [6.45, 7) is 2.76. The molecular formula is C21H29N5O. The number of aryl methyl sites for hydroxylation is 2.